The fourth-order valence-electron chi connectivity index (χ4n) is 0. The Morgan fingerprint density at radius 1 is 0.538 bits per heavy atom. The van der Waals surface area contributed by atoms with Crippen LogP contribution >= 0.6 is 0 Å². The molecular formula is C9H21DyO3. The maximum atomic E-state index is 9.53. The van der Waals surface area contributed by atoms with E-state index in [-0.39, 0.29) is 38.2 Å². The molecule has 0 fully saturated rings. The first-order chi connectivity index (χ1) is 5.20. The molecule has 3 nitrogen and oxygen atoms in total. The van der Waals surface area contributed by atoms with Gasteiger partial charge in [0.2, 0.25) is 0 Å². The molecule has 0 saturated carbocycles. The van der Waals surface area contributed by atoms with E-state index in [1.165, 1.54) is 0 Å². The Morgan fingerprint density at radius 3 is 0.538 bits per heavy atom. The molecule has 0 aromatic rings. The van der Waals surface area contributed by atoms with Gasteiger partial charge < -0.3 is 15.3 Å². The van der Waals surface area contributed by atoms with E-state index in [0.717, 1.165) is 0 Å². The zero-order chi connectivity index (χ0) is 10.7. The minimum absolute atomic E-state index is 0. The molecule has 0 aliphatic rings. The summed E-state index contributed by atoms with van der Waals surface area (Å²) in [6.45, 7) is 9.67. The predicted molar refractivity (Wildman–Crippen MR) is 45.4 cm³/mol. The van der Waals surface area contributed by atoms with Gasteiger partial charge >= 0.3 is 38.2 Å². The van der Waals surface area contributed by atoms with E-state index in [9.17, 15) is 15.3 Å². The SMILES string of the molecule is CC(C)[O-].CC(C)[O-].CC(C)[O-].[Dy+3]. The molecule has 0 bridgehead atoms. The second-order valence-corrected chi connectivity index (χ2v) is 3.15. The van der Waals surface area contributed by atoms with Crippen LogP contribution in [-0.4, -0.2) is 18.3 Å². The first kappa shape index (κ1) is 23.8. The molecular weight excluding hydrogens is 319 g/mol. The Labute approximate surface area is 113 Å². The summed E-state index contributed by atoms with van der Waals surface area (Å²) >= 11 is 0. The van der Waals surface area contributed by atoms with E-state index >= 15 is 0 Å². The van der Waals surface area contributed by atoms with E-state index in [4.69, 9.17) is 0 Å². The van der Waals surface area contributed by atoms with Crippen molar-refractivity contribution in [1.29, 1.82) is 0 Å². The summed E-state index contributed by atoms with van der Waals surface area (Å²) in [5, 5.41) is 28.6. The predicted octanol–water partition coefficient (Wildman–Crippen LogP) is -0.735. The van der Waals surface area contributed by atoms with Crippen LogP contribution < -0.4 is 15.3 Å². The van der Waals surface area contributed by atoms with Crippen LogP contribution in [0.2, 0.25) is 0 Å². The Bertz CT molecular complexity index is 43.4. The summed E-state index contributed by atoms with van der Waals surface area (Å²) < 4.78 is 0. The Kier molecular flexibility index (Phi) is 34.4. The van der Waals surface area contributed by atoms with Crippen LogP contribution in [0.3, 0.4) is 0 Å². The zero-order valence-corrected chi connectivity index (χ0v) is 11.3. The molecule has 0 atom stereocenters. The molecule has 0 unspecified atom stereocenters. The summed E-state index contributed by atoms with van der Waals surface area (Å²) in [4.78, 5) is 0. The van der Waals surface area contributed by atoms with E-state index in [2.05, 4.69) is 0 Å². The molecule has 0 heterocycles. The van der Waals surface area contributed by atoms with E-state index in [1.807, 2.05) is 0 Å². The van der Waals surface area contributed by atoms with Gasteiger partial charge in [-0.15, -0.1) is 18.3 Å². The van der Waals surface area contributed by atoms with Gasteiger partial charge in [0.25, 0.3) is 0 Å². The van der Waals surface area contributed by atoms with Crippen molar-refractivity contribution < 1.29 is 53.5 Å². The summed E-state index contributed by atoms with van der Waals surface area (Å²) in [7, 11) is 0. The van der Waals surface area contributed by atoms with Crippen LogP contribution in [0.1, 0.15) is 41.5 Å². The van der Waals surface area contributed by atoms with Gasteiger partial charge in [0.1, 0.15) is 0 Å². The van der Waals surface area contributed by atoms with E-state index in [0.29, 0.717) is 0 Å². The monoisotopic (exact) mass is 341 g/mol. The third kappa shape index (κ3) is 1230. The van der Waals surface area contributed by atoms with Crippen molar-refractivity contribution in [1.82, 2.24) is 0 Å². The minimum Gasteiger partial charge on any atom is -0.852 e. The van der Waals surface area contributed by atoms with Crippen molar-refractivity contribution in [2.75, 3.05) is 0 Å². The fraction of sp³-hybridized carbons (Fsp3) is 1.00. The summed E-state index contributed by atoms with van der Waals surface area (Å²) in [5.74, 6) is 0. The fourth-order valence-corrected chi connectivity index (χ4v) is 0. The van der Waals surface area contributed by atoms with Crippen molar-refractivity contribution in [3.05, 3.63) is 0 Å². The van der Waals surface area contributed by atoms with Crippen LogP contribution in [0.15, 0.2) is 0 Å². The largest absolute Gasteiger partial charge is 3.00 e. The summed E-state index contributed by atoms with van der Waals surface area (Å²) in [6, 6.07) is 0. The van der Waals surface area contributed by atoms with Crippen LogP contribution in [0, 0.1) is 38.2 Å². The molecule has 1 radical (unpaired) electrons. The zero-order valence-electron chi connectivity index (χ0n) is 9.27. The molecule has 85 valence electrons. The number of hydrogen-bond donors (Lipinski definition) is 0. The smallest absolute Gasteiger partial charge is 0.852 e. The third-order valence-electron chi connectivity index (χ3n) is 0. The van der Waals surface area contributed by atoms with Crippen molar-refractivity contribution in [2.24, 2.45) is 0 Å². The minimum atomic E-state index is -0.417. The van der Waals surface area contributed by atoms with E-state index < -0.39 is 18.3 Å². The average Bonchev–Trinajstić information content (AvgIpc) is 1.54. The maximum absolute atomic E-state index is 9.53. The van der Waals surface area contributed by atoms with Gasteiger partial charge in [0.05, 0.1) is 0 Å². The molecule has 0 spiro atoms. The van der Waals surface area contributed by atoms with E-state index in [1.54, 1.807) is 41.5 Å². The molecule has 0 aromatic heterocycles. The average molecular weight is 340 g/mol. The summed E-state index contributed by atoms with van der Waals surface area (Å²) in [5.41, 5.74) is 0. The van der Waals surface area contributed by atoms with Crippen LogP contribution in [-0.2, 0) is 0 Å². The molecule has 0 rings (SSSR count). The normalized spacial score (nSPS) is 8.31. The summed E-state index contributed by atoms with van der Waals surface area (Å²) in [6.07, 6.45) is -1.25. The first-order valence-electron chi connectivity index (χ1n) is 4.17. The quantitative estimate of drug-likeness (QED) is 0.584. The molecule has 0 amide bonds. The van der Waals surface area contributed by atoms with Crippen LogP contribution in [0.25, 0.3) is 0 Å². The van der Waals surface area contributed by atoms with Gasteiger partial charge in [0.15, 0.2) is 0 Å². The molecule has 0 aromatic carbocycles. The van der Waals surface area contributed by atoms with Gasteiger partial charge in [-0.1, -0.05) is 41.5 Å². The maximum Gasteiger partial charge on any atom is 3.00 e. The van der Waals surface area contributed by atoms with Crippen LogP contribution in [0.4, 0.5) is 0 Å². The standard InChI is InChI=1S/3C3H7O.Dy/c3*1-3(2)4;/h3*3H,1-2H3;/q3*-1;+3. The molecule has 0 N–H and O–H groups in total. The first-order valence-corrected chi connectivity index (χ1v) is 4.17. The van der Waals surface area contributed by atoms with Crippen LogP contribution in [0.5, 0.6) is 0 Å². The number of rotatable bonds is 0. The van der Waals surface area contributed by atoms with Crippen molar-refractivity contribution in [2.45, 2.75) is 59.9 Å². The van der Waals surface area contributed by atoms with Crippen molar-refractivity contribution in [3.8, 4) is 0 Å². The molecule has 4 heteroatoms. The van der Waals surface area contributed by atoms with Gasteiger partial charge in [-0.3, -0.25) is 0 Å². The van der Waals surface area contributed by atoms with Gasteiger partial charge in [0, 0.05) is 0 Å². The molecule has 0 aliphatic heterocycles. The van der Waals surface area contributed by atoms with Crippen molar-refractivity contribution in [3.63, 3.8) is 0 Å². The Morgan fingerprint density at radius 2 is 0.538 bits per heavy atom. The second-order valence-electron chi connectivity index (χ2n) is 3.15. The molecule has 0 aliphatic carbocycles. The Hall–Kier alpha value is 1.15. The van der Waals surface area contributed by atoms with Crippen molar-refractivity contribution >= 4 is 0 Å². The van der Waals surface area contributed by atoms with Gasteiger partial charge in [-0.05, 0) is 0 Å². The number of hydrogen-bond acceptors (Lipinski definition) is 3. The second kappa shape index (κ2) is 18.8. The third-order valence-corrected chi connectivity index (χ3v) is 0. The topological polar surface area (TPSA) is 69.2 Å². The molecule has 0 saturated heterocycles. The van der Waals surface area contributed by atoms with Gasteiger partial charge in [-0.25, -0.2) is 0 Å². The Balaban J connectivity index is -0.0000000450. The molecule has 13 heavy (non-hydrogen) atoms. The van der Waals surface area contributed by atoms with Gasteiger partial charge in [-0.2, -0.15) is 0 Å².